The van der Waals surface area contributed by atoms with Crippen LogP contribution < -0.4 is 0 Å². The van der Waals surface area contributed by atoms with E-state index in [-0.39, 0.29) is 0 Å². The third kappa shape index (κ3) is 2.27. The second-order valence-corrected chi connectivity index (χ2v) is 5.22. The van der Waals surface area contributed by atoms with Gasteiger partial charge in [0.1, 0.15) is 0 Å². The predicted octanol–water partition coefficient (Wildman–Crippen LogP) is 3.72. The van der Waals surface area contributed by atoms with E-state index in [1.54, 1.807) is 11.3 Å². The van der Waals surface area contributed by atoms with E-state index in [0.717, 1.165) is 17.2 Å². The highest BCUT2D eigenvalue weighted by Crippen LogP contribution is 2.20. The number of benzene rings is 1. The van der Waals surface area contributed by atoms with Crippen LogP contribution in [-0.4, -0.2) is 14.8 Å². The Bertz CT molecular complexity index is 681. The Morgan fingerprint density at radius 1 is 1.17 bits per heavy atom. The Balaban J connectivity index is 1.92. The molecule has 0 saturated carbocycles. The van der Waals surface area contributed by atoms with Gasteiger partial charge in [-0.25, -0.2) is 0 Å². The normalized spacial score (nSPS) is 10.7. The van der Waals surface area contributed by atoms with Gasteiger partial charge < -0.3 is 0 Å². The number of rotatable bonds is 3. The highest BCUT2D eigenvalue weighted by Gasteiger charge is 2.05. The summed E-state index contributed by atoms with van der Waals surface area (Å²) < 4.78 is 2.47. The minimum Gasteiger partial charge on any atom is -0.278 e. The van der Waals surface area contributed by atoms with Gasteiger partial charge in [0, 0.05) is 0 Å². The minimum atomic E-state index is 0.585. The molecule has 18 heavy (non-hydrogen) atoms. The summed E-state index contributed by atoms with van der Waals surface area (Å²) in [4.78, 5) is 5.49. The maximum Gasteiger partial charge on any atom is 0.216 e. The number of H-pyrrole nitrogens is 1. The fourth-order valence-corrected chi connectivity index (χ4v) is 2.62. The van der Waals surface area contributed by atoms with Crippen molar-refractivity contribution in [2.24, 2.45) is 0 Å². The average molecular weight is 273 g/mol. The van der Waals surface area contributed by atoms with E-state index in [9.17, 15) is 0 Å². The van der Waals surface area contributed by atoms with Crippen LogP contribution in [0.25, 0.3) is 10.7 Å². The van der Waals surface area contributed by atoms with E-state index >= 15 is 0 Å². The van der Waals surface area contributed by atoms with Crippen molar-refractivity contribution in [3.8, 4) is 10.7 Å². The number of aromatic amines is 1. The molecule has 0 aliphatic rings. The molecule has 3 aromatic rings. The van der Waals surface area contributed by atoms with Gasteiger partial charge in [0.25, 0.3) is 0 Å². The van der Waals surface area contributed by atoms with Crippen LogP contribution in [0.2, 0.25) is 0 Å². The van der Waals surface area contributed by atoms with Crippen molar-refractivity contribution in [3.63, 3.8) is 0 Å². The quantitative estimate of drug-likeness (QED) is 0.738. The maximum absolute atomic E-state index is 5.27. The number of nitrogens with zero attached hydrogens (tertiary/aromatic N) is 2. The van der Waals surface area contributed by atoms with Crippen LogP contribution in [0.5, 0.6) is 0 Å². The van der Waals surface area contributed by atoms with Crippen LogP contribution in [0.15, 0.2) is 47.8 Å². The zero-order valence-corrected chi connectivity index (χ0v) is 11.2. The molecule has 0 radical (unpaired) electrons. The lowest BCUT2D eigenvalue weighted by molar-refractivity contribution is 0.677. The fourth-order valence-electron chi connectivity index (χ4n) is 1.75. The molecule has 5 heteroatoms. The number of thiophene rings is 1. The highest BCUT2D eigenvalue weighted by molar-refractivity contribution is 7.71. The van der Waals surface area contributed by atoms with E-state index in [4.69, 9.17) is 12.2 Å². The molecule has 0 bridgehead atoms. The third-order valence-corrected chi connectivity index (χ3v) is 3.81. The van der Waals surface area contributed by atoms with Crippen molar-refractivity contribution in [2.45, 2.75) is 6.54 Å². The van der Waals surface area contributed by atoms with Gasteiger partial charge in [-0.15, -0.1) is 11.3 Å². The molecule has 0 unspecified atom stereocenters. The Hall–Kier alpha value is -1.72. The van der Waals surface area contributed by atoms with Crippen molar-refractivity contribution >= 4 is 23.6 Å². The first-order chi connectivity index (χ1) is 8.83. The van der Waals surface area contributed by atoms with Gasteiger partial charge in [0.15, 0.2) is 5.82 Å². The Morgan fingerprint density at radius 2 is 2.00 bits per heavy atom. The molecule has 0 amide bonds. The van der Waals surface area contributed by atoms with Gasteiger partial charge >= 0.3 is 0 Å². The molecule has 0 saturated heterocycles. The summed E-state index contributed by atoms with van der Waals surface area (Å²) in [5, 5.41) is 5.27. The SMILES string of the molecule is S=c1nc(-c2cccs2)[nH]n1Cc1ccccc1. The molecule has 0 aliphatic carbocycles. The Morgan fingerprint density at radius 3 is 2.72 bits per heavy atom. The van der Waals surface area contributed by atoms with Crippen molar-refractivity contribution in [2.75, 3.05) is 0 Å². The van der Waals surface area contributed by atoms with E-state index in [2.05, 4.69) is 22.2 Å². The zero-order valence-electron chi connectivity index (χ0n) is 9.54. The van der Waals surface area contributed by atoms with Gasteiger partial charge in [0.05, 0.1) is 11.4 Å². The van der Waals surface area contributed by atoms with Crippen LogP contribution in [0.3, 0.4) is 0 Å². The summed E-state index contributed by atoms with van der Waals surface area (Å²) >= 11 is 6.92. The summed E-state index contributed by atoms with van der Waals surface area (Å²) in [7, 11) is 0. The number of hydrogen-bond donors (Lipinski definition) is 1. The van der Waals surface area contributed by atoms with Crippen LogP contribution in [0.1, 0.15) is 5.56 Å². The van der Waals surface area contributed by atoms with Gasteiger partial charge in [-0.05, 0) is 29.2 Å². The van der Waals surface area contributed by atoms with Crippen LogP contribution >= 0.6 is 23.6 Å². The van der Waals surface area contributed by atoms with Crippen LogP contribution in [0.4, 0.5) is 0 Å². The van der Waals surface area contributed by atoms with Crippen molar-refractivity contribution in [3.05, 3.63) is 58.2 Å². The number of aromatic nitrogens is 3. The second-order valence-electron chi connectivity index (χ2n) is 3.90. The molecule has 1 N–H and O–H groups in total. The smallest absolute Gasteiger partial charge is 0.216 e. The second kappa shape index (κ2) is 4.88. The Kier molecular flexibility index (Phi) is 3.08. The minimum absolute atomic E-state index is 0.585. The predicted molar refractivity (Wildman–Crippen MR) is 76.3 cm³/mol. The largest absolute Gasteiger partial charge is 0.278 e. The molecule has 0 aliphatic heterocycles. The summed E-state index contributed by atoms with van der Waals surface area (Å²) in [6.07, 6.45) is 0. The average Bonchev–Trinajstić information content (AvgIpc) is 3.01. The van der Waals surface area contributed by atoms with Gasteiger partial charge in [-0.2, -0.15) is 4.98 Å². The third-order valence-electron chi connectivity index (χ3n) is 2.62. The molecule has 0 fully saturated rings. The van der Waals surface area contributed by atoms with Gasteiger partial charge in [-0.3, -0.25) is 9.78 Å². The van der Waals surface area contributed by atoms with Crippen molar-refractivity contribution in [1.82, 2.24) is 14.8 Å². The van der Waals surface area contributed by atoms with Crippen molar-refractivity contribution in [1.29, 1.82) is 0 Å². The summed E-state index contributed by atoms with van der Waals surface area (Å²) in [5.41, 5.74) is 1.20. The summed E-state index contributed by atoms with van der Waals surface area (Å²) in [6, 6.07) is 14.2. The maximum atomic E-state index is 5.27. The fraction of sp³-hybridized carbons (Fsp3) is 0.0769. The molecule has 3 nitrogen and oxygen atoms in total. The first kappa shape index (κ1) is 11.4. The van der Waals surface area contributed by atoms with E-state index < -0.39 is 0 Å². The van der Waals surface area contributed by atoms with E-state index in [1.807, 2.05) is 40.4 Å². The summed E-state index contributed by atoms with van der Waals surface area (Å²) in [6.45, 7) is 0.720. The molecule has 1 aromatic carbocycles. The topological polar surface area (TPSA) is 33.6 Å². The highest BCUT2D eigenvalue weighted by atomic mass is 32.1. The lowest BCUT2D eigenvalue weighted by Crippen LogP contribution is -2.01. The molecule has 90 valence electrons. The van der Waals surface area contributed by atoms with Crippen LogP contribution in [-0.2, 0) is 6.54 Å². The monoisotopic (exact) mass is 273 g/mol. The molecule has 2 heterocycles. The van der Waals surface area contributed by atoms with E-state index in [0.29, 0.717) is 4.77 Å². The lowest BCUT2D eigenvalue weighted by atomic mass is 10.2. The molecule has 2 aromatic heterocycles. The molecule has 0 spiro atoms. The zero-order chi connectivity index (χ0) is 12.4. The summed E-state index contributed by atoms with van der Waals surface area (Å²) in [5.74, 6) is 0.839. The van der Waals surface area contributed by atoms with Crippen molar-refractivity contribution < 1.29 is 0 Å². The molecular formula is C13H11N3S2. The Labute approximate surface area is 114 Å². The van der Waals surface area contributed by atoms with Crippen LogP contribution in [0, 0.1) is 4.77 Å². The van der Waals surface area contributed by atoms with E-state index in [1.165, 1.54) is 5.56 Å². The van der Waals surface area contributed by atoms with Gasteiger partial charge in [0.2, 0.25) is 4.77 Å². The molecule has 3 rings (SSSR count). The first-order valence-corrected chi connectivity index (χ1v) is 6.86. The number of hydrogen-bond acceptors (Lipinski definition) is 3. The standard InChI is InChI=1S/C13H11N3S2/c17-13-14-12(11-7-4-8-18-11)15-16(13)9-10-5-2-1-3-6-10/h1-8H,9H2,(H,14,15,17). The van der Waals surface area contributed by atoms with Gasteiger partial charge in [-0.1, -0.05) is 36.4 Å². The lowest BCUT2D eigenvalue weighted by Gasteiger charge is -2.01. The number of nitrogens with one attached hydrogen (secondary N) is 1. The molecule has 0 atom stereocenters. The first-order valence-electron chi connectivity index (χ1n) is 5.57. The molecular weight excluding hydrogens is 262 g/mol.